The lowest BCUT2D eigenvalue weighted by atomic mass is 10.0. The van der Waals surface area contributed by atoms with Gasteiger partial charge in [0.25, 0.3) is 5.91 Å². The van der Waals surface area contributed by atoms with Gasteiger partial charge in [-0.25, -0.2) is 9.78 Å². The monoisotopic (exact) mass is 474 g/mol. The van der Waals surface area contributed by atoms with Crippen molar-refractivity contribution in [1.82, 2.24) is 9.97 Å². The Morgan fingerprint density at radius 2 is 1.53 bits per heavy atom. The van der Waals surface area contributed by atoms with Gasteiger partial charge in [-0.15, -0.1) is 0 Å². The van der Waals surface area contributed by atoms with Gasteiger partial charge < -0.3 is 15.7 Å². The number of nitrogens with zero attached hydrogens (tertiary/aromatic N) is 2. The molecule has 7 nitrogen and oxygen atoms in total. The molecular weight excluding hydrogens is 452 g/mol. The van der Waals surface area contributed by atoms with Crippen LogP contribution in [0.1, 0.15) is 32.0 Å². The topological polar surface area (TPSA) is 104 Å². The van der Waals surface area contributed by atoms with Gasteiger partial charge in [0.2, 0.25) is 0 Å². The Morgan fingerprint density at radius 1 is 0.778 bits per heavy atom. The third-order valence-electron chi connectivity index (χ3n) is 5.73. The second-order valence-corrected chi connectivity index (χ2v) is 8.27. The van der Waals surface area contributed by atoms with Crippen LogP contribution < -0.4 is 10.6 Å². The number of aromatic carboxylic acids is 1. The van der Waals surface area contributed by atoms with Crippen molar-refractivity contribution >= 4 is 39.8 Å². The number of carbonyl (C=O) groups is 2. The number of anilines is 3. The molecule has 0 radical (unpaired) electrons. The second-order valence-electron chi connectivity index (χ2n) is 8.27. The van der Waals surface area contributed by atoms with E-state index < -0.39 is 5.97 Å². The first-order valence-corrected chi connectivity index (χ1v) is 11.3. The highest BCUT2D eigenvalue weighted by Crippen LogP contribution is 2.26. The standard InChI is InChI=1S/C29H22N4O3/c34-28(33-22-9-6-20(7-10-22)16-19-4-2-1-3-5-19)27-13-11-23(18-31-27)32-26-14-15-30-25-12-8-21(29(35)36)17-24(25)26/h1-15,17-18H,16H2,(H,30,32)(H,33,34)(H,35,36). The van der Waals surface area contributed by atoms with Crippen LogP contribution in [0.5, 0.6) is 0 Å². The van der Waals surface area contributed by atoms with E-state index in [1.165, 1.54) is 11.6 Å². The summed E-state index contributed by atoms with van der Waals surface area (Å²) in [6.07, 6.45) is 4.03. The van der Waals surface area contributed by atoms with E-state index in [0.29, 0.717) is 28.0 Å². The molecule has 0 aliphatic heterocycles. The van der Waals surface area contributed by atoms with Gasteiger partial charge in [0, 0.05) is 23.0 Å². The minimum absolute atomic E-state index is 0.178. The number of nitrogens with one attached hydrogen (secondary N) is 2. The van der Waals surface area contributed by atoms with Gasteiger partial charge in [-0.1, -0.05) is 42.5 Å². The van der Waals surface area contributed by atoms with Gasteiger partial charge >= 0.3 is 5.97 Å². The average Bonchev–Trinajstić information content (AvgIpc) is 2.91. The minimum Gasteiger partial charge on any atom is -0.478 e. The maximum atomic E-state index is 12.7. The fourth-order valence-electron chi connectivity index (χ4n) is 3.88. The van der Waals surface area contributed by atoms with Crippen LogP contribution in [0.15, 0.2) is 103 Å². The van der Waals surface area contributed by atoms with Crippen LogP contribution in [0.3, 0.4) is 0 Å². The van der Waals surface area contributed by atoms with Crippen molar-refractivity contribution in [3.8, 4) is 0 Å². The summed E-state index contributed by atoms with van der Waals surface area (Å²) in [6, 6.07) is 27.9. The lowest BCUT2D eigenvalue weighted by molar-refractivity contribution is 0.0697. The van der Waals surface area contributed by atoms with Gasteiger partial charge in [-0.3, -0.25) is 9.78 Å². The molecule has 0 fully saturated rings. The Hall–Kier alpha value is -5.04. The number of amides is 1. The van der Waals surface area contributed by atoms with E-state index in [2.05, 4.69) is 32.7 Å². The molecule has 3 N–H and O–H groups in total. The summed E-state index contributed by atoms with van der Waals surface area (Å²) in [5.41, 5.74) is 5.56. The van der Waals surface area contributed by atoms with Gasteiger partial charge in [0.1, 0.15) is 5.69 Å². The Balaban J connectivity index is 1.25. The predicted octanol–water partition coefficient (Wildman–Crippen LogP) is 5.91. The predicted molar refractivity (Wildman–Crippen MR) is 140 cm³/mol. The third-order valence-corrected chi connectivity index (χ3v) is 5.73. The molecule has 0 aliphatic carbocycles. The Labute approximate surface area is 207 Å². The number of carboxylic acids is 1. The highest BCUT2D eigenvalue weighted by molar-refractivity contribution is 6.03. The molecule has 0 unspecified atom stereocenters. The van der Waals surface area contributed by atoms with Gasteiger partial charge in [-0.05, 0) is 66.1 Å². The van der Waals surface area contributed by atoms with Gasteiger partial charge in [0.05, 0.1) is 23.0 Å². The van der Waals surface area contributed by atoms with Crippen LogP contribution >= 0.6 is 0 Å². The molecule has 5 rings (SSSR count). The second kappa shape index (κ2) is 10.1. The third kappa shape index (κ3) is 5.20. The minimum atomic E-state index is -1.01. The zero-order chi connectivity index (χ0) is 24.9. The van der Waals surface area contributed by atoms with Crippen molar-refractivity contribution in [3.05, 3.63) is 126 Å². The lowest BCUT2D eigenvalue weighted by Gasteiger charge is -2.11. The normalized spacial score (nSPS) is 10.7. The first-order valence-electron chi connectivity index (χ1n) is 11.3. The van der Waals surface area contributed by atoms with Crippen molar-refractivity contribution in [2.75, 3.05) is 10.6 Å². The molecule has 2 heterocycles. The van der Waals surface area contributed by atoms with Crippen molar-refractivity contribution in [2.24, 2.45) is 0 Å². The largest absolute Gasteiger partial charge is 0.478 e. The zero-order valence-corrected chi connectivity index (χ0v) is 19.2. The molecular formula is C29H22N4O3. The number of rotatable bonds is 7. The highest BCUT2D eigenvalue weighted by atomic mass is 16.4. The van der Waals surface area contributed by atoms with E-state index in [0.717, 1.165) is 12.0 Å². The van der Waals surface area contributed by atoms with Crippen LogP contribution in [0.25, 0.3) is 10.9 Å². The summed E-state index contributed by atoms with van der Waals surface area (Å²) in [5.74, 6) is -1.31. The number of carbonyl (C=O) groups excluding carboxylic acids is 1. The molecule has 5 aromatic rings. The quantitative estimate of drug-likeness (QED) is 0.271. The summed E-state index contributed by atoms with van der Waals surface area (Å²) in [5, 5.41) is 16.1. The lowest BCUT2D eigenvalue weighted by Crippen LogP contribution is -2.13. The summed E-state index contributed by atoms with van der Waals surface area (Å²) in [6.45, 7) is 0. The number of hydrogen-bond acceptors (Lipinski definition) is 5. The molecule has 2 aromatic heterocycles. The summed E-state index contributed by atoms with van der Waals surface area (Å²) >= 11 is 0. The van der Waals surface area contributed by atoms with Crippen LogP contribution in [-0.4, -0.2) is 27.0 Å². The Bertz CT molecular complexity index is 1530. The van der Waals surface area contributed by atoms with E-state index in [1.54, 1.807) is 42.7 Å². The van der Waals surface area contributed by atoms with Crippen LogP contribution in [-0.2, 0) is 6.42 Å². The zero-order valence-electron chi connectivity index (χ0n) is 19.2. The number of aromatic nitrogens is 2. The van der Waals surface area contributed by atoms with E-state index in [9.17, 15) is 14.7 Å². The van der Waals surface area contributed by atoms with Crippen LogP contribution in [0, 0.1) is 0 Å². The molecule has 176 valence electrons. The van der Waals surface area contributed by atoms with Crippen molar-refractivity contribution in [2.45, 2.75) is 6.42 Å². The fourth-order valence-corrected chi connectivity index (χ4v) is 3.88. The maximum absolute atomic E-state index is 12.7. The molecule has 0 bridgehead atoms. The highest BCUT2D eigenvalue weighted by Gasteiger charge is 2.10. The van der Waals surface area contributed by atoms with Gasteiger partial charge in [-0.2, -0.15) is 0 Å². The van der Waals surface area contributed by atoms with Crippen molar-refractivity contribution in [3.63, 3.8) is 0 Å². The Kier molecular flexibility index (Phi) is 6.36. The van der Waals surface area contributed by atoms with Crippen LogP contribution in [0.2, 0.25) is 0 Å². The summed E-state index contributed by atoms with van der Waals surface area (Å²) in [7, 11) is 0. The number of pyridine rings is 2. The average molecular weight is 475 g/mol. The maximum Gasteiger partial charge on any atom is 0.335 e. The smallest absolute Gasteiger partial charge is 0.335 e. The van der Waals surface area contributed by atoms with E-state index in [1.807, 2.05) is 42.5 Å². The van der Waals surface area contributed by atoms with Crippen molar-refractivity contribution < 1.29 is 14.7 Å². The van der Waals surface area contributed by atoms with Gasteiger partial charge in [0.15, 0.2) is 0 Å². The molecule has 3 aromatic carbocycles. The molecule has 0 saturated heterocycles. The molecule has 7 heteroatoms. The van der Waals surface area contributed by atoms with E-state index in [4.69, 9.17) is 0 Å². The number of fused-ring (bicyclic) bond motifs is 1. The molecule has 36 heavy (non-hydrogen) atoms. The molecule has 0 atom stereocenters. The molecule has 0 aliphatic rings. The van der Waals surface area contributed by atoms with Crippen LogP contribution in [0.4, 0.5) is 17.1 Å². The number of benzene rings is 3. The first-order chi connectivity index (χ1) is 17.5. The van der Waals surface area contributed by atoms with E-state index >= 15 is 0 Å². The number of carboxylic acid groups (broad SMARTS) is 1. The summed E-state index contributed by atoms with van der Waals surface area (Å²) < 4.78 is 0. The number of hydrogen-bond donors (Lipinski definition) is 3. The fraction of sp³-hybridized carbons (Fsp3) is 0.0345. The summed E-state index contributed by atoms with van der Waals surface area (Å²) in [4.78, 5) is 32.6. The Morgan fingerprint density at radius 3 is 2.25 bits per heavy atom. The van der Waals surface area contributed by atoms with Crippen molar-refractivity contribution in [1.29, 1.82) is 0 Å². The first kappa shape index (κ1) is 22.7. The van der Waals surface area contributed by atoms with E-state index in [-0.39, 0.29) is 17.2 Å². The SMILES string of the molecule is O=C(O)c1ccc2nccc(Nc3ccc(C(=O)Nc4ccc(Cc5ccccc5)cc4)nc3)c2c1. The molecule has 0 saturated carbocycles. The molecule has 1 amide bonds. The molecule has 0 spiro atoms.